The van der Waals surface area contributed by atoms with Crippen LogP contribution in [0.1, 0.15) is 17.5 Å². The lowest BCUT2D eigenvalue weighted by Gasteiger charge is -2.33. The topological polar surface area (TPSA) is 108 Å². The van der Waals surface area contributed by atoms with Crippen LogP contribution in [0.4, 0.5) is 4.79 Å². The van der Waals surface area contributed by atoms with Gasteiger partial charge in [-0.25, -0.2) is 13.2 Å². The van der Waals surface area contributed by atoms with Gasteiger partial charge in [0.15, 0.2) is 0 Å². The van der Waals surface area contributed by atoms with Crippen molar-refractivity contribution in [3.63, 3.8) is 0 Å². The van der Waals surface area contributed by atoms with E-state index in [1.54, 1.807) is 17.0 Å². The van der Waals surface area contributed by atoms with Crippen LogP contribution in [0.5, 0.6) is 5.75 Å². The number of carbonyl (C=O) groups is 2. The number of aryl methyl sites for hydroxylation is 1. The molecule has 0 bridgehead atoms. The Morgan fingerprint density at radius 3 is 2.07 bits per heavy atom. The fourth-order valence-electron chi connectivity index (χ4n) is 4.78. The molecule has 9 nitrogen and oxygen atoms in total. The number of rotatable bonds is 13. The number of benzene rings is 3. The molecule has 1 fully saturated rings. The Balaban J connectivity index is 1.49. The maximum absolute atomic E-state index is 13.8. The van der Waals surface area contributed by atoms with Gasteiger partial charge >= 0.3 is 6.03 Å². The molecule has 3 aromatic carbocycles. The first-order chi connectivity index (χ1) is 20.7. The Kier molecular flexibility index (Phi) is 11.9. The lowest BCUT2D eigenvalue weighted by atomic mass is 10.0. The van der Waals surface area contributed by atoms with Crippen LogP contribution in [0.2, 0.25) is 0 Å². The molecule has 1 saturated heterocycles. The van der Waals surface area contributed by atoms with Gasteiger partial charge in [-0.2, -0.15) is 0 Å². The van der Waals surface area contributed by atoms with Gasteiger partial charge in [0.2, 0.25) is 14.8 Å². The van der Waals surface area contributed by atoms with Crippen molar-refractivity contribution in [3.8, 4) is 5.75 Å². The number of urea groups is 1. The molecule has 0 saturated carbocycles. The van der Waals surface area contributed by atoms with E-state index in [2.05, 4.69) is 15.5 Å². The average Bonchev–Trinajstić information content (AvgIpc) is 3.03. The minimum atomic E-state index is -3.68. The van der Waals surface area contributed by atoms with E-state index < -0.39 is 21.0 Å². The zero-order valence-corrected chi connectivity index (χ0v) is 26.3. The molecule has 230 valence electrons. The smallest absolute Gasteiger partial charge is 0.318 e. The van der Waals surface area contributed by atoms with E-state index in [0.29, 0.717) is 38.1 Å². The molecule has 0 spiro atoms. The monoisotopic (exact) mass is 624 g/mol. The maximum Gasteiger partial charge on any atom is 0.318 e. The standard InChI is InChI=1S/C32H40N4O5S2/c1-35-19-21-36(22-20-35)32(38)34-30(23-26-11-7-4-8-12-26)31(37)33-27(14-13-25-9-5-3-6-10-25)24-42-43(39,40)29-17-15-28(41-2)16-18-29/h3-12,15-18,27,30H,13-14,19-24H2,1-2H3,(H,33,37)(H,34,38)/t27-,30-/m0/s1. The van der Waals surface area contributed by atoms with Crippen molar-refractivity contribution in [2.45, 2.75) is 36.2 Å². The number of likely N-dealkylation sites (N-methyl/N-ethyl adjacent to an activating group) is 1. The normalized spacial score (nSPS) is 15.3. The number of nitrogens with one attached hydrogen (secondary N) is 2. The van der Waals surface area contributed by atoms with Crippen molar-refractivity contribution in [1.29, 1.82) is 0 Å². The molecule has 11 heteroatoms. The minimum Gasteiger partial charge on any atom is -0.497 e. The summed E-state index contributed by atoms with van der Waals surface area (Å²) in [6, 6.07) is 24.1. The van der Waals surface area contributed by atoms with Crippen LogP contribution in [-0.2, 0) is 26.5 Å². The molecule has 0 aromatic heterocycles. The number of hydrogen-bond donors (Lipinski definition) is 2. The third kappa shape index (κ3) is 10.0. The predicted octanol–water partition coefficient (Wildman–Crippen LogP) is 3.80. The zero-order valence-electron chi connectivity index (χ0n) is 24.6. The highest BCUT2D eigenvalue weighted by Crippen LogP contribution is 2.26. The predicted molar refractivity (Wildman–Crippen MR) is 171 cm³/mol. The molecule has 4 rings (SSSR count). The van der Waals surface area contributed by atoms with Gasteiger partial charge < -0.3 is 25.2 Å². The van der Waals surface area contributed by atoms with Gasteiger partial charge in [-0.3, -0.25) is 4.79 Å². The van der Waals surface area contributed by atoms with E-state index in [9.17, 15) is 18.0 Å². The van der Waals surface area contributed by atoms with Crippen LogP contribution in [-0.4, -0.2) is 88.3 Å². The van der Waals surface area contributed by atoms with E-state index in [0.717, 1.165) is 35.0 Å². The molecule has 2 atom stereocenters. The van der Waals surface area contributed by atoms with Crippen LogP contribution in [0, 0.1) is 0 Å². The number of ether oxygens (including phenoxy) is 1. The highest BCUT2D eigenvalue weighted by atomic mass is 33.1. The van der Waals surface area contributed by atoms with E-state index in [1.807, 2.05) is 67.7 Å². The Labute approximate surface area is 258 Å². The molecule has 3 amide bonds. The van der Waals surface area contributed by atoms with E-state index in [-0.39, 0.29) is 22.6 Å². The van der Waals surface area contributed by atoms with Crippen LogP contribution < -0.4 is 15.4 Å². The molecular formula is C32H40N4O5S2. The Morgan fingerprint density at radius 1 is 0.860 bits per heavy atom. The third-order valence-corrected chi connectivity index (χ3v) is 11.0. The molecule has 0 aliphatic carbocycles. The fraction of sp³-hybridized carbons (Fsp3) is 0.375. The summed E-state index contributed by atoms with van der Waals surface area (Å²) in [5.41, 5.74) is 2.01. The van der Waals surface area contributed by atoms with E-state index in [4.69, 9.17) is 4.74 Å². The highest BCUT2D eigenvalue weighted by Gasteiger charge is 2.28. The first-order valence-corrected chi connectivity index (χ1v) is 17.4. The lowest BCUT2D eigenvalue weighted by Crippen LogP contribution is -2.57. The number of hydrogen-bond acceptors (Lipinski definition) is 7. The largest absolute Gasteiger partial charge is 0.497 e. The summed E-state index contributed by atoms with van der Waals surface area (Å²) in [5, 5.41) is 6.04. The SMILES string of the molecule is COc1ccc(S(=O)(=O)SC[C@H](CCc2ccccc2)NC(=O)[C@H](Cc2ccccc2)NC(=O)N2CCN(C)CC2)cc1. The van der Waals surface area contributed by atoms with Crippen molar-refractivity contribution in [1.82, 2.24) is 20.4 Å². The Hall–Kier alpha value is -3.54. The van der Waals surface area contributed by atoms with Crippen LogP contribution >= 0.6 is 10.8 Å². The quantitative estimate of drug-likeness (QED) is 0.279. The summed E-state index contributed by atoms with van der Waals surface area (Å²) in [4.78, 5) is 31.0. The molecule has 1 aliphatic rings. The second-order valence-corrected chi connectivity index (χ2v) is 14.6. The van der Waals surface area contributed by atoms with Crippen molar-refractivity contribution >= 4 is 31.6 Å². The van der Waals surface area contributed by atoms with Gasteiger partial charge in [0, 0.05) is 44.4 Å². The first-order valence-electron chi connectivity index (χ1n) is 14.4. The van der Waals surface area contributed by atoms with Crippen molar-refractivity contribution in [2.75, 3.05) is 46.1 Å². The van der Waals surface area contributed by atoms with Crippen LogP contribution in [0.3, 0.4) is 0 Å². The maximum atomic E-state index is 13.8. The molecule has 0 radical (unpaired) electrons. The average molecular weight is 625 g/mol. The number of piperazine rings is 1. The summed E-state index contributed by atoms with van der Waals surface area (Å²) in [7, 11) is 0.665. The molecular weight excluding hydrogens is 585 g/mol. The Bertz CT molecular complexity index is 1420. The van der Waals surface area contributed by atoms with Gasteiger partial charge in [-0.05, 0) is 66.1 Å². The molecule has 1 heterocycles. The molecule has 43 heavy (non-hydrogen) atoms. The minimum absolute atomic E-state index is 0.150. The van der Waals surface area contributed by atoms with Gasteiger partial charge in [0.1, 0.15) is 11.8 Å². The molecule has 0 unspecified atom stereocenters. The second-order valence-electron chi connectivity index (χ2n) is 10.6. The van der Waals surface area contributed by atoms with Crippen molar-refractivity contribution in [2.24, 2.45) is 0 Å². The van der Waals surface area contributed by atoms with Crippen LogP contribution in [0.25, 0.3) is 0 Å². The first kappa shape index (κ1) is 32.4. The number of amides is 3. The van der Waals surface area contributed by atoms with Crippen molar-refractivity contribution in [3.05, 3.63) is 96.1 Å². The van der Waals surface area contributed by atoms with E-state index in [1.165, 1.54) is 19.2 Å². The summed E-state index contributed by atoms with van der Waals surface area (Å²) in [5.74, 6) is 0.379. The Morgan fingerprint density at radius 2 is 1.47 bits per heavy atom. The molecule has 1 aliphatic heterocycles. The highest BCUT2D eigenvalue weighted by molar-refractivity contribution is 8.72. The zero-order chi connectivity index (χ0) is 30.7. The lowest BCUT2D eigenvalue weighted by molar-refractivity contribution is -0.123. The van der Waals surface area contributed by atoms with Gasteiger partial charge in [-0.15, -0.1) is 0 Å². The summed E-state index contributed by atoms with van der Waals surface area (Å²) < 4.78 is 31.5. The van der Waals surface area contributed by atoms with Crippen molar-refractivity contribution < 1.29 is 22.7 Å². The summed E-state index contributed by atoms with van der Waals surface area (Å²) >= 11 is 0. The fourth-order valence-corrected chi connectivity index (χ4v) is 7.75. The van der Waals surface area contributed by atoms with Gasteiger partial charge in [-0.1, -0.05) is 60.7 Å². The molecule has 3 aromatic rings. The summed E-state index contributed by atoms with van der Waals surface area (Å²) in [6.07, 6.45) is 1.51. The van der Waals surface area contributed by atoms with Gasteiger partial charge in [0.25, 0.3) is 0 Å². The molecule has 2 N–H and O–H groups in total. The van der Waals surface area contributed by atoms with Crippen LogP contribution in [0.15, 0.2) is 89.8 Å². The second kappa shape index (κ2) is 15.8. The number of carbonyl (C=O) groups excluding carboxylic acids is 2. The third-order valence-electron chi connectivity index (χ3n) is 7.43. The number of methoxy groups -OCH3 is 1. The van der Waals surface area contributed by atoms with E-state index >= 15 is 0 Å². The number of nitrogens with zero attached hydrogens (tertiary/aromatic N) is 2. The van der Waals surface area contributed by atoms with Gasteiger partial charge in [0.05, 0.1) is 12.0 Å². The summed E-state index contributed by atoms with van der Waals surface area (Å²) in [6.45, 7) is 2.71.